The Balaban J connectivity index is 1.18. The van der Waals surface area contributed by atoms with Gasteiger partial charge in [0, 0.05) is 177 Å². The molecule has 22 heteroatoms. The molecule has 0 spiro atoms. The van der Waals surface area contributed by atoms with Crippen molar-refractivity contribution in [2.75, 3.05) is 130 Å². The number of unbranched alkanes of at least 4 members (excludes halogenated alkanes) is 14. The molecule has 0 aliphatic carbocycles. The average molecular weight is 1700 g/mol. The number of hydrogen-bond acceptors (Lipinski definition) is 22. The van der Waals surface area contributed by atoms with Crippen LogP contribution in [0.4, 0.5) is 53.3 Å². The third-order valence-corrected chi connectivity index (χ3v) is 26.9. The van der Waals surface area contributed by atoms with E-state index in [-0.39, 0.29) is 85.6 Å². The van der Waals surface area contributed by atoms with Crippen LogP contribution in [-0.4, -0.2) is 211 Å². The smallest absolute Gasteiger partial charge is 0.232 e. The van der Waals surface area contributed by atoms with Crippen LogP contribution in [0.15, 0.2) is 6.07 Å². The van der Waals surface area contributed by atoms with E-state index in [0.717, 1.165) is 350 Å². The number of aromatic nitrogens is 8. The molecule has 0 atom stereocenters. The van der Waals surface area contributed by atoms with Gasteiger partial charge < -0.3 is 70.7 Å². The first-order valence-electron chi connectivity index (χ1n) is 50.5. The first kappa shape index (κ1) is 102. The second-order valence-electron chi connectivity index (χ2n) is 45.6. The highest BCUT2D eigenvalue weighted by Crippen LogP contribution is 2.43. The summed E-state index contributed by atoms with van der Waals surface area (Å²) in [5.74, 6) is 8.18. The molecule has 3 aromatic heterocycles. The van der Waals surface area contributed by atoms with Crippen molar-refractivity contribution >= 4 is 53.3 Å². The molecule has 5 saturated heterocycles. The lowest BCUT2D eigenvalue weighted by Gasteiger charge is -2.51. The number of hydrogen-bond donors (Lipinski definition) is 5. The monoisotopic (exact) mass is 1700 g/mol. The summed E-state index contributed by atoms with van der Waals surface area (Å²) in [6.07, 6.45) is 36.7. The van der Waals surface area contributed by atoms with E-state index in [4.69, 9.17) is 39.9 Å². The predicted octanol–water partition coefficient (Wildman–Crippen LogP) is 21.2. The summed E-state index contributed by atoms with van der Waals surface area (Å²) in [5.41, 5.74) is -0.723. The van der Waals surface area contributed by atoms with E-state index in [9.17, 15) is 0 Å². The van der Waals surface area contributed by atoms with Crippen LogP contribution in [-0.2, 0) is 0 Å². The Kier molecular flexibility index (Phi) is 38.1. The van der Waals surface area contributed by atoms with Crippen LogP contribution in [0.2, 0.25) is 0 Å². The fourth-order valence-corrected chi connectivity index (χ4v) is 22.8. The summed E-state index contributed by atoms with van der Waals surface area (Å²) in [5, 5.41) is 20.4. The van der Waals surface area contributed by atoms with E-state index in [2.05, 4.69) is 278 Å². The fraction of sp³-hybridized carbons (Fsp3) is 0.900. The van der Waals surface area contributed by atoms with Crippen LogP contribution in [0.1, 0.15) is 412 Å². The van der Waals surface area contributed by atoms with E-state index in [1.165, 1.54) is 0 Å². The molecule has 0 amide bonds. The predicted molar refractivity (Wildman–Crippen MR) is 526 cm³/mol. The molecule has 0 aromatic carbocycles. The summed E-state index contributed by atoms with van der Waals surface area (Å²) in [6.45, 7) is 78.0. The van der Waals surface area contributed by atoms with Gasteiger partial charge in [0.1, 0.15) is 11.6 Å². The first-order chi connectivity index (χ1) is 57.3. The summed E-state index contributed by atoms with van der Waals surface area (Å²) in [4.78, 5) is 69.1. The van der Waals surface area contributed by atoms with Gasteiger partial charge in [-0.3, -0.25) is 0 Å². The van der Waals surface area contributed by atoms with Crippen LogP contribution < -0.4 is 70.7 Å². The minimum atomic E-state index is -0.0881. The summed E-state index contributed by atoms with van der Waals surface area (Å²) >= 11 is 0. The SMILES string of the molecule is CCCCN(CCCC)c1nc(N(CCCC)CCCC)nc(N(CCCCCCN(c2cc(N(CCCCCCN(c3nc(N(CCCC)CCCC)nc(N(CCCC)CCCC)n3)C3CC(C)(C)NC(C)(C)C3)C3CC(C)(C)NC(C)(C)C3)nc(N(C)C3CC(C)(C)NC(C)(C)C3)n2)C2CC(C)(C)NC(C)(C)C2)C2CC(C)(C)NC(C)(C)C2)n1. The van der Waals surface area contributed by atoms with E-state index in [1.807, 2.05) is 0 Å². The lowest BCUT2D eigenvalue weighted by atomic mass is 9.78. The average Bonchev–Trinajstić information content (AvgIpc) is 0.772. The van der Waals surface area contributed by atoms with Gasteiger partial charge in [-0.25, -0.2) is 0 Å². The normalized spacial score (nSPS) is 20.5. The van der Waals surface area contributed by atoms with Crippen LogP contribution in [0, 0.1) is 0 Å². The molecule has 0 radical (unpaired) electrons. The molecule has 0 saturated carbocycles. The van der Waals surface area contributed by atoms with Gasteiger partial charge in [-0.1, -0.05) is 132 Å². The van der Waals surface area contributed by atoms with Gasteiger partial charge in [0.15, 0.2) is 0 Å². The number of piperidine rings is 5. The lowest BCUT2D eigenvalue weighted by Crippen LogP contribution is -2.63. The van der Waals surface area contributed by atoms with Gasteiger partial charge in [-0.15, -0.1) is 0 Å². The van der Waals surface area contributed by atoms with Crippen LogP contribution >= 0.6 is 0 Å². The Bertz CT molecular complexity index is 3160. The van der Waals surface area contributed by atoms with Crippen LogP contribution in [0.3, 0.4) is 0 Å². The third kappa shape index (κ3) is 31.8. The van der Waals surface area contributed by atoms with E-state index in [0.29, 0.717) is 0 Å². The topological polar surface area (TPSA) is 192 Å². The largest absolute Gasteiger partial charge is 0.353 e. The van der Waals surface area contributed by atoms with Crippen molar-refractivity contribution in [3.05, 3.63) is 6.07 Å². The fourth-order valence-electron chi connectivity index (χ4n) is 22.8. The zero-order valence-electron chi connectivity index (χ0n) is 84.6. The molecule has 22 nitrogen and oxygen atoms in total. The minimum absolute atomic E-state index is 0.0593. The maximum atomic E-state index is 6.01. The van der Waals surface area contributed by atoms with Crippen molar-refractivity contribution in [1.29, 1.82) is 0 Å². The Morgan fingerprint density at radius 1 is 0.221 bits per heavy atom. The molecule has 5 fully saturated rings. The van der Waals surface area contributed by atoms with Crippen LogP contribution in [0.5, 0.6) is 0 Å². The minimum Gasteiger partial charge on any atom is -0.353 e. The molecule has 5 aliphatic rings. The molecular weight excluding hydrogens is 1510 g/mol. The lowest BCUT2D eigenvalue weighted by molar-refractivity contribution is 0.156. The Morgan fingerprint density at radius 3 is 0.607 bits per heavy atom. The molecule has 3 aromatic rings. The van der Waals surface area contributed by atoms with Crippen molar-refractivity contribution in [2.24, 2.45) is 0 Å². The molecular formula is C100H190N22. The summed E-state index contributed by atoms with van der Waals surface area (Å²) < 4.78 is 0. The summed E-state index contributed by atoms with van der Waals surface area (Å²) in [6, 6.07) is 3.74. The van der Waals surface area contributed by atoms with Gasteiger partial charge >= 0.3 is 0 Å². The van der Waals surface area contributed by atoms with Crippen LogP contribution in [0.25, 0.3) is 0 Å². The third-order valence-electron chi connectivity index (χ3n) is 26.9. The molecule has 5 aliphatic heterocycles. The number of rotatable bonds is 52. The molecule has 0 bridgehead atoms. The Morgan fingerprint density at radius 2 is 0.402 bits per heavy atom. The van der Waals surface area contributed by atoms with Crippen molar-refractivity contribution in [3.63, 3.8) is 0 Å². The number of nitrogens with one attached hydrogen (secondary N) is 5. The molecule has 122 heavy (non-hydrogen) atoms. The van der Waals surface area contributed by atoms with Crippen molar-refractivity contribution in [2.45, 2.75) is 498 Å². The Labute approximate surface area is 749 Å². The van der Waals surface area contributed by atoms with Crippen molar-refractivity contribution in [1.82, 2.24) is 66.5 Å². The quantitative estimate of drug-likeness (QED) is 0.0335. The number of nitrogens with zero attached hydrogens (tertiary/aromatic N) is 17. The van der Waals surface area contributed by atoms with Gasteiger partial charge in [-0.2, -0.15) is 39.9 Å². The van der Waals surface area contributed by atoms with Gasteiger partial charge in [0.05, 0.1) is 0 Å². The molecule has 700 valence electrons. The molecule has 8 heterocycles. The highest BCUT2D eigenvalue weighted by atomic mass is 15.4. The second kappa shape index (κ2) is 45.4. The standard InChI is InChI=1S/C100H190N22/c1-30-38-54-115(55-39-31-2)85-103-86(116(56-40-32-3)57-41-33-4)106-89(105-85)121(80-73-97(21,22)112-98(23,24)74-80)64-52-48-46-50-62-119(78-69-93(13,14)110-94(15,16)70-78)82-66-83(102-84(101-82)114(29)77-67-91(9,10)109-92(11,12)68-77)120(79-71-95(17,18)111-96(19,20)72-79)63-51-47-49-53-65-122(81-75-99(25,26)113-100(27,28)76-81)90-107-87(117(58-42-34-5)59-43-35-6)104-88(108-90)118(60-44-36-7)61-45-37-8/h66,77-81,109-113H,30-65,67-76H2,1-29H3. The molecule has 0 unspecified atom stereocenters. The second-order valence-corrected chi connectivity index (χ2v) is 45.6. The zero-order valence-corrected chi connectivity index (χ0v) is 84.6. The van der Waals surface area contributed by atoms with E-state index in [1.54, 1.807) is 0 Å². The van der Waals surface area contributed by atoms with Crippen molar-refractivity contribution in [3.8, 4) is 0 Å². The van der Waals surface area contributed by atoms with Gasteiger partial charge in [0.25, 0.3) is 0 Å². The molecule has 8 rings (SSSR count). The highest BCUT2D eigenvalue weighted by Gasteiger charge is 2.47. The highest BCUT2D eigenvalue weighted by molar-refractivity contribution is 5.58. The summed E-state index contributed by atoms with van der Waals surface area (Å²) in [7, 11) is 2.32. The maximum absolute atomic E-state index is 6.01. The zero-order chi connectivity index (χ0) is 89.7. The van der Waals surface area contributed by atoms with Gasteiger partial charge in [-0.05, 0) is 280 Å². The Hall–Kier alpha value is -4.90. The first-order valence-corrected chi connectivity index (χ1v) is 50.5. The maximum Gasteiger partial charge on any atom is 0.232 e. The van der Waals surface area contributed by atoms with Gasteiger partial charge in [0.2, 0.25) is 41.6 Å². The van der Waals surface area contributed by atoms with E-state index >= 15 is 0 Å². The number of anilines is 9. The van der Waals surface area contributed by atoms with E-state index < -0.39 is 0 Å². The molecule has 5 N–H and O–H groups in total. The van der Waals surface area contributed by atoms with Crippen molar-refractivity contribution < 1.29 is 0 Å².